The Morgan fingerprint density at radius 1 is 1.29 bits per heavy atom. The normalized spacial score (nSPS) is 16.0. The number of rotatable bonds is 2. The number of hydrogen-bond donors (Lipinski definition) is 1. The minimum atomic E-state index is -4.59. The van der Waals surface area contributed by atoms with Gasteiger partial charge in [-0.2, -0.15) is 13.2 Å². The topological polar surface area (TPSA) is 58.6 Å². The summed E-state index contributed by atoms with van der Waals surface area (Å²) in [6.07, 6.45) is -4.22. The van der Waals surface area contributed by atoms with Gasteiger partial charge in [-0.05, 0) is 31.0 Å². The molecular formula is C15H16ClF3N2O3. The van der Waals surface area contributed by atoms with Crippen molar-refractivity contribution in [2.75, 3.05) is 25.5 Å². The van der Waals surface area contributed by atoms with Crippen molar-refractivity contribution in [1.29, 1.82) is 0 Å². The molecule has 0 unspecified atom stereocenters. The van der Waals surface area contributed by atoms with Crippen LogP contribution in [0.4, 0.5) is 23.7 Å². The first-order valence-corrected chi connectivity index (χ1v) is 7.60. The highest BCUT2D eigenvalue weighted by Crippen LogP contribution is 2.36. The lowest BCUT2D eigenvalue weighted by atomic mass is 9.96. The maximum atomic E-state index is 12.8. The van der Waals surface area contributed by atoms with E-state index in [0.717, 1.165) is 12.1 Å². The van der Waals surface area contributed by atoms with E-state index in [2.05, 4.69) is 10.1 Å². The van der Waals surface area contributed by atoms with Crippen LogP contribution in [0.15, 0.2) is 18.2 Å². The van der Waals surface area contributed by atoms with Crippen LogP contribution >= 0.6 is 11.6 Å². The second-order valence-corrected chi connectivity index (χ2v) is 5.82. The molecule has 1 heterocycles. The van der Waals surface area contributed by atoms with Gasteiger partial charge in [0.15, 0.2) is 0 Å². The number of ether oxygens (including phenoxy) is 1. The molecular weight excluding hydrogens is 349 g/mol. The van der Waals surface area contributed by atoms with Crippen molar-refractivity contribution in [3.8, 4) is 0 Å². The first-order chi connectivity index (χ1) is 11.2. The minimum absolute atomic E-state index is 0.0344. The lowest BCUT2D eigenvalue weighted by Crippen LogP contribution is -2.41. The molecule has 0 aliphatic carbocycles. The molecule has 0 spiro atoms. The smallest absolute Gasteiger partial charge is 0.417 e. The Labute approximate surface area is 141 Å². The van der Waals surface area contributed by atoms with Crippen LogP contribution in [0.5, 0.6) is 0 Å². The van der Waals surface area contributed by atoms with Gasteiger partial charge in [-0.25, -0.2) is 4.79 Å². The highest BCUT2D eigenvalue weighted by molar-refractivity contribution is 6.31. The predicted molar refractivity (Wildman–Crippen MR) is 81.8 cm³/mol. The second kappa shape index (κ2) is 7.29. The molecule has 1 aromatic rings. The van der Waals surface area contributed by atoms with Crippen molar-refractivity contribution in [3.05, 3.63) is 28.8 Å². The molecule has 5 nitrogen and oxygen atoms in total. The molecule has 0 radical (unpaired) electrons. The molecule has 1 fully saturated rings. The quantitative estimate of drug-likeness (QED) is 0.869. The van der Waals surface area contributed by atoms with Gasteiger partial charge >= 0.3 is 12.3 Å². The first-order valence-electron chi connectivity index (χ1n) is 7.23. The van der Waals surface area contributed by atoms with Crippen molar-refractivity contribution in [3.63, 3.8) is 0 Å². The minimum Gasteiger partial charge on any atom is -0.453 e. The maximum absolute atomic E-state index is 12.8. The van der Waals surface area contributed by atoms with Crippen molar-refractivity contribution >= 4 is 29.3 Å². The summed E-state index contributed by atoms with van der Waals surface area (Å²) >= 11 is 5.54. The number of piperidine rings is 1. The van der Waals surface area contributed by atoms with Gasteiger partial charge in [-0.3, -0.25) is 4.79 Å². The number of hydrogen-bond acceptors (Lipinski definition) is 3. The number of nitrogens with one attached hydrogen (secondary N) is 1. The van der Waals surface area contributed by atoms with Gasteiger partial charge in [-0.15, -0.1) is 0 Å². The predicted octanol–water partition coefficient (Wildman–Crippen LogP) is 3.78. The fraction of sp³-hybridized carbons (Fsp3) is 0.467. The fourth-order valence-electron chi connectivity index (χ4n) is 2.52. The highest BCUT2D eigenvalue weighted by atomic mass is 35.5. The van der Waals surface area contributed by atoms with Crippen LogP contribution < -0.4 is 5.32 Å². The Balaban J connectivity index is 2.00. The summed E-state index contributed by atoms with van der Waals surface area (Å²) in [5.74, 6) is -0.758. The number of amides is 2. The van der Waals surface area contributed by atoms with Gasteiger partial charge in [0.2, 0.25) is 5.91 Å². The van der Waals surface area contributed by atoms with Crippen molar-refractivity contribution < 1.29 is 27.5 Å². The summed E-state index contributed by atoms with van der Waals surface area (Å²) in [4.78, 5) is 25.1. The van der Waals surface area contributed by atoms with Crippen LogP contribution in [-0.2, 0) is 15.7 Å². The molecule has 1 N–H and O–H groups in total. The average molecular weight is 365 g/mol. The second-order valence-electron chi connectivity index (χ2n) is 5.41. The first kappa shape index (κ1) is 18.4. The zero-order valence-electron chi connectivity index (χ0n) is 12.8. The molecule has 1 aromatic carbocycles. The molecule has 0 saturated carbocycles. The Kier molecular flexibility index (Phi) is 5.58. The van der Waals surface area contributed by atoms with Crippen molar-refractivity contribution in [1.82, 2.24) is 4.90 Å². The van der Waals surface area contributed by atoms with Gasteiger partial charge in [0.25, 0.3) is 0 Å². The van der Waals surface area contributed by atoms with Gasteiger partial charge in [0.05, 0.1) is 17.7 Å². The maximum Gasteiger partial charge on any atom is 0.417 e. The van der Waals surface area contributed by atoms with E-state index in [4.69, 9.17) is 11.6 Å². The molecule has 0 aromatic heterocycles. The molecule has 9 heteroatoms. The third-order valence-corrected chi connectivity index (χ3v) is 4.17. The summed E-state index contributed by atoms with van der Waals surface area (Å²) in [5, 5.41) is 2.05. The molecule has 1 saturated heterocycles. The van der Waals surface area contributed by atoms with Crippen molar-refractivity contribution in [2.45, 2.75) is 19.0 Å². The molecule has 24 heavy (non-hydrogen) atoms. The Hall–Kier alpha value is -1.96. The summed E-state index contributed by atoms with van der Waals surface area (Å²) < 4.78 is 43.1. The Bertz CT molecular complexity index is 629. The van der Waals surface area contributed by atoms with Gasteiger partial charge in [0.1, 0.15) is 0 Å². The monoisotopic (exact) mass is 364 g/mol. The van der Waals surface area contributed by atoms with E-state index in [-0.39, 0.29) is 17.5 Å². The zero-order valence-corrected chi connectivity index (χ0v) is 13.6. The summed E-state index contributed by atoms with van der Waals surface area (Å²) in [6.45, 7) is 0.721. The highest BCUT2D eigenvalue weighted by Gasteiger charge is 2.34. The van der Waals surface area contributed by atoms with E-state index in [9.17, 15) is 22.8 Å². The molecule has 132 valence electrons. The zero-order chi connectivity index (χ0) is 17.9. The van der Waals surface area contributed by atoms with E-state index in [1.54, 1.807) is 0 Å². The van der Waals surface area contributed by atoms with E-state index < -0.39 is 22.9 Å². The van der Waals surface area contributed by atoms with Crippen LogP contribution in [0.3, 0.4) is 0 Å². The summed E-state index contributed by atoms with van der Waals surface area (Å²) in [6, 6.07) is 3.22. The molecule has 2 amide bonds. The fourth-order valence-corrected chi connectivity index (χ4v) is 2.74. The number of carbonyl (C=O) groups is 2. The number of alkyl halides is 3. The summed E-state index contributed by atoms with van der Waals surface area (Å²) in [5.41, 5.74) is -0.963. The molecule has 1 aliphatic rings. The van der Waals surface area contributed by atoms with E-state index in [1.165, 1.54) is 18.1 Å². The standard InChI is InChI=1S/C15H16ClF3N2O3/c1-24-14(23)21-6-4-9(5-7-21)13(22)20-10-2-3-12(16)11(8-10)15(17,18)19/h2-3,8-9H,4-7H2,1H3,(H,20,22). The molecule has 2 rings (SSSR count). The number of carbonyl (C=O) groups excluding carboxylic acids is 2. The number of methoxy groups -OCH3 is 1. The van der Waals surface area contributed by atoms with Gasteiger partial charge in [0, 0.05) is 24.7 Å². The summed E-state index contributed by atoms with van der Waals surface area (Å²) in [7, 11) is 1.28. The number of benzene rings is 1. The van der Waals surface area contributed by atoms with Crippen LogP contribution in [0.1, 0.15) is 18.4 Å². The van der Waals surface area contributed by atoms with Crippen LogP contribution in [0, 0.1) is 5.92 Å². The van der Waals surface area contributed by atoms with E-state index in [0.29, 0.717) is 25.9 Å². The van der Waals surface area contributed by atoms with Crippen LogP contribution in [0.25, 0.3) is 0 Å². The van der Waals surface area contributed by atoms with Gasteiger partial charge < -0.3 is 15.0 Å². The average Bonchev–Trinajstić information content (AvgIpc) is 2.55. The van der Waals surface area contributed by atoms with Crippen molar-refractivity contribution in [2.24, 2.45) is 5.92 Å². The lowest BCUT2D eigenvalue weighted by molar-refractivity contribution is -0.137. The molecule has 0 bridgehead atoms. The third kappa shape index (κ3) is 4.31. The SMILES string of the molecule is COC(=O)N1CCC(C(=O)Nc2ccc(Cl)c(C(F)(F)F)c2)CC1. The van der Waals surface area contributed by atoms with Gasteiger partial charge in [-0.1, -0.05) is 11.6 Å². The lowest BCUT2D eigenvalue weighted by Gasteiger charge is -2.30. The Morgan fingerprint density at radius 3 is 2.46 bits per heavy atom. The number of likely N-dealkylation sites (tertiary alicyclic amines) is 1. The number of halogens is 4. The molecule has 0 atom stereocenters. The van der Waals surface area contributed by atoms with Crippen LogP contribution in [-0.4, -0.2) is 37.1 Å². The number of nitrogens with zero attached hydrogens (tertiary/aromatic N) is 1. The Morgan fingerprint density at radius 2 is 1.92 bits per heavy atom. The number of anilines is 1. The van der Waals surface area contributed by atoms with E-state index >= 15 is 0 Å². The third-order valence-electron chi connectivity index (χ3n) is 3.84. The molecule has 1 aliphatic heterocycles. The largest absolute Gasteiger partial charge is 0.453 e. The van der Waals surface area contributed by atoms with Crippen LogP contribution in [0.2, 0.25) is 5.02 Å². The van der Waals surface area contributed by atoms with E-state index in [1.807, 2.05) is 0 Å².